The van der Waals surface area contributed by atoms with E-state index in [0.717, 1.165) is 19.5 Å². The zero-order chi connectivity index (χ0) is 14.7. The zero-order valence-electron chi connectivity index (χ0n) is 11.5. The lowest BCUT2D eigenvalue weighted by Crippen LogP contribution is -2.43. The molecule has 0 bridgehead atoms. The van der Waals surface area contributed by atoms with Gasteiger partial charge in [-0.2, -0.15) is 0 Å². The number of hydrogen-bond acceptors (Lipinski definition) is 5. The Kier molecular flexibility index (Phi) is 4.59. The molecule has 0 atom stereocenters. The minimum absolute atomic E-state index is 0.0342. The van der Waals surface area contributed by atoms with Gasteiger partial charge in [-0.15, -0.1) is 0 Å². The molecule has 1 saturated heterocycles. The number of likely N-dealkylation sites (tertiary alicyclic amines) is 1. The molecular weight excluding hydrogens is 278 g/mol. The van der Waals surface area contributed by atoms with Gasteiger partial charge in [0.1, 0.15) is 16.4 Å². The van der Waals surface area contributed by atoms with E-state index in [1.165, 1.54) is 11.8 Å². The summed E-state index contributed by atoms with van der Waals surface area (Å²) in [4.78, 5) is 33.3. The summed E-state index contributed by atoms with van der Waals surface area (Å²) in [5.41, 5.74) is 0.548. The number of thioether (sulfide) groups is 1. The lowest BCUT2D eigenvalue weighted by Gasteiger charge is -2.30. The second-order valence-electron chi connectivity index (χ2n) is 4.59. The predicted octanol–water partition coefficient (Wildman–Crippen LogP) is 1.37. The standard InChI is InChI=1S/C13H17N3O3S/c1-3-9-14-8(2)11(13(18)19)12(15-9)20-7-10(17)16-5-4-6-16/h3-7H2,1-2H3,(H,18,19). The molecular formula is C13H17N3O3S. The summed E-state index contributed by atoms with van der Waals surface area (Å²) in [5.74, 6) is -0.192. The van der Waals surface area contributed by atoms with Crippen LogP contribution in [0.2, 0.25) is 0 Å². The topological polar surface area (TPSA) is 83.4 Å². The molecule has 20 heavy (non-hydrogen) atoms. The summed E-state index contributed by atoms with van der Waals surface area (Å²) in [6.45, 7) is 5.17. The molecule has 108 valence electrons. The molecule has 1 aliphatic heterocycles. The van der Waals surface area contributed by atoms with Crippen molar-refractivity contribution in [1.82, 2.24) is 14.9 Å². The van der Waals surface area contributed by atoms with Crippen molar-refractivity contribution in [2.45, 2.75) is 31.7 Å². The van der Waals surface area contributed by atoms with Gasteiger partial charge in [0.25, 0.3) is 0 Å². The van der Waals surface area contributed by atoms with Crippen molar-refractivity contribution in [2.24, 2.45) is 0 Å². The van der Waals surface area contributed by atoms with Gasteiger partial charge in [0.2, 0.25) is 5.91 Å². The van der Waals surface area contributed by atoms with Gasteiger partial charge < -0.3 is 10.0 Å². The lowest BCUT2D eigenvalue weighted by molar-refractivity contribution is -0.131. The van der Waals surface area contributed by atoms with E-state index in [1.807, 2.05) is 6.92 Å². The van der Waals surface area contributed by atoms with Crippen LogP contribution in [-0.2, 0) is 11.2 Å². The Balaban J connectivity index is 2.17. The van der Waals surface area contributed by atoms with Crippen molar-refractivity contribution in [3.05, 3.63) is 17.1 Å². The van der Waals surface area contributed by atoms with Crippen LogP contribution in [-0.4, -0.2) is 50.7 Å². The molecule has 0 spiro atoms. The van der Waals surface area contributed by atoms with Crippen molar-refractivity contribution >= 4 is 23.6 Å². The summed E-state index contributed by atoms with van der Waals surface area (Å²) < 4.78 is 0. The molecule has 2 heterocycles. The van der Waals surface area contributed by atoms with Crippen molar-refractivity contribution < 1.29 is 14.7 Å². The SMILES string of the molecule is CCc1nc(C)c(C(=O)O)c(SCC(=O)N2CCC2)n1. The number of aryl methyl sites for hydroxylation is 2. The van der Waals surface area contributed by atoms with Crippen molar-refractivity contribution in [3.8, 4) is 0 Å². The molecule has 0 unspecified atom stereocenters. The van der Waals surface area contributed by atoms with E-state index in [0.29, 0.717) is 23.0 Å². The third-order valence-corrected chi connectivity index (χ3v) is 4.13. The number of carboxylic acids is 1. The van der Waals surface area contributed by atoms with Crippen molar-refractivity contribution in [2.75, 3.05) is 18.8 Å². The first-order chi connectivity index (χ1) is 9.52. The van der Waals surface area contributed by atoms with Crippen molar-refractivity contribution in [1.29, 1.82) is 0 Å². The van der Waals surface area contributed by atoms with E-state index >= 15 is 0 Å². The van der Waals surface area contributed by atoms with Gasteiger partial charge in [0.05, 0.1) is 11.4 Å². The summed E-state index contributed by atoms with van der Waals surface area (Å²) in [6.07, 6.45) is 1.68. The van der Waals surface area contributed by atoms with E-state index < -0.39 is 5.97 Å². The Morgan fingerprint density at radius 2 is 2.05 bits per heavy atom. The average Bonchev–Trinajstić information content (AvgIpc) is 2.32. The first-order valence-electron chi connectivity index (χ1n) is 6.54. The first-order valence-corrected chi connectivity index (χ1v) is 7.52. The quantitative estimate of drug-likeness (QED) is 0.652. The maximum atomic E-state index is 11.8. The zero-order valence-corrected chi connectivity index (χ0v) is 12.4. The van der Waals surface area contributed by atoms with Crippen LogP contribution in [0.3, 0.4) is 0 Å². The predicted molar refractivity (Wildman–Crippen MR) is 75.0 cm³/mol. The minimum atomic E-state index is -1.05. The summed E-state index contributed by atoms with van der Waals surface area (Å²) in [5, 5.41) is 9.64. The molecule has 0 radical (unpaired) electrons. The third-order valence-electron chi connectivity index (χ3n) is 3.17. The molecule has 6 nitrogen and oxygen atoms in total. The Hall–Kier alpha value is -1.63. The van der Waals surface area contributed by atoms with Gasteiger partial charge in [0, 0.05) is 19.5 Å². The number of aromatic carboxylic acids is 1. The second kappa shape index (κ2) is 6.21. The highest BCUT2D eigenvalue weighted by Gasteiger charge is 2.23. The number of carboxylic acid groups (broad SMARTS) is 1. The number of aromatic nitrogens is 2. The summed E-state index contributed by atoms with van der Waals surface area (Å²) in [6, 6.07) is 0. The summed E-state index contributed by atoms with van der Waals surface area (Å²) >= 11 is 1.18. The van der Waals surface area contributed by atoms with E-state index in [1.54, 1.807) is 11.8 Å². The molecule has 0 aromatic carbocycles. The highest BCUT2D eigenvalue weighted by molar-refractivity contribution is 8.00. The number of rotatable bonds is 5. The Bertz CT molecular complexity index is 544. The maximum Gasteiger partial charge on any atom is 0.340 e. The Labute approximate surface area is 121 Å². The highest BCUT2D eigenvalue weighted by atomic mass is 32.2. The average molecular weight is 295 g/mol. The number of carbonyl (C=O) groups excluding carboxylic acids is 1. The second-order valence-corrected chi connectivity index (χ2v) is 5.55. The number of carbonyl (C=O) groups is 2. The normalized spacial score (nSPS) is 14.0. The number of hydrogen-bond donors (Lipinski definition) is 1. The monoisotopic (exact) mass is 295 g/mol. The fourth-order valence-corrected chi connectivity index (χ4v) is 2.89. The van der Waals surface area contributed by atoms with Crippen LogP contribution in [0.25, 0.3) is 0 Å². The van der Waals surface area contributed by atoms with Crippen molar-refractivity contribution in [3.63, 3.8) is 0 Å². The molecule has 0 saturated carbocycles. The highest BCUT2D eigenvalue weighted by Crippen LogP contribution is 2.24. The smallest absolute Gasteiger partial charge is 0.340 e. The molecule has 1 aromatic heterocycles. The first kappa shape index (κ1) is 14.8. The maximum absolute atomic E-state index is 11.8. The van der Waals surface area contributed by atoms with Gasteiger partial charge in [-0.1, -0.05) is 18.7 Å². The molecule has 7 heteroatoms. The number of amides is 1. The minimum Gasteiger partial charge on any atom is -0.478 e. The van der Waals surface area contributed by atoms with Crippen LogP contribution >= 0.6 is 11.8 Å². The molecule has 1 fully saturated rings. The van der Waals surface area contributed by atoms with Gasteiger partial charge in [-0.25, -0.2) is 14.8 Å². The van der Waals surface area contributed by atoms with Crippen LogP contribution in [0.5, 0.6) is 0 Å². The molecule has 1 aromatic rings. The van der Waals surface area contributed by atoms with Crippen LogP contribution in [0.4, 0.5) is 0 Å². The van der Waals surface area contributed by atoms with Gasteiger partial charge in [-0.3, -0.25) is 4.79 Å². The van der Waals surface area contributed by atoms with E-state index in [4.69, 9.17) is 0 Å². The molecule has 1 aliphatic rings. The molecule has 1 N–H and O–H groups in total. The van der Waals surface area contributed by atoms with Gasteiger partial charge in [-0.05, 0) is 13.3 Å². The van der Waals surface area contributed by atoms with E-state index in [9.17, 15) is 14.7 Å². The molecule has 2 rings (SSSR count). The fraction of sp³-hybridized carbons (Fsp3) is 0.538. The van der Waals surface area contributed by atoms with Crippen LogP contribution in [0.1, 0.15) is 35.2 Å². The third kappa shape index (κ3) is 3.09. The summed E-state index contributed by atoms with van der Waals surface area (Å²) in [7, 11) is 0. The lowest BCUT2D eigenvalue weighted by atomic mass is 10.2. The van der Waals surface area contributed by atoms with Gasteiger partial charge in [0.15, 0.2) is 0 Å². The van der Waals surface area contributed by atoms with E-state index in [-0.39, 0.29) is 17.2 Å². The van der Waals surface area contributed by atoms with Gasteiger partial charge >= 0.3 is 5.97 Å². The Morgan fingerprint density at radius 3 is 2.55 bits per heavy atom. The number of nitrogens with zero attached hydrogens (tertiary/aromatic N) is 3. The van der Waals surface area contributed by atoms with E-state index in [2.05, 4.69) is 9.97 Å². The largest absolute Gasteiger partial charge is 0.478 e. The fourth-order valence-electron chi connectivity index (χ4n) is 1.90. The molecule has 1 amide bonds. The van der Waals surface area contributed by atoms with Crippen LogP contribution < -0.4 is 0 Å². The van der Waals surface area contributed by atoms with Crippen LogP contribution in [0, 0.1) is 6.92 Å². The molecule has 0 aliphatic carbocycles. The Morgan fingerprint density at radius 1 is 1.35 bits per heavy atom. The van der Waals surface area contributed by atoms with Crippen LogP contribution in [0.15, 0.2) is 5.03 Å².